The van der Waals surface area contributed by atoms with Gasteiger partial charge in [-0.2, -0.15) is 0 Å². The normalized spacial score (nSPS) is 19.2. The molecule has 1 aliphatic rings. The van der Waals surface area contributed by atoms with Crippen LogP contribution in [0.5, 0.6) is 0 Å². The minimum atomic E-state index is -0.530. The van der Waals surface area contributed by atoms with Crippen LogP contribution in [0.1, 0.15) is 49.9 Å². The summed E-state index contributed by atoms with van der Waals surface area (Å²) in [5.74, 6) is -0.900. The highest BCUT2D eigenvalue weighted by Crippen LogP contribution is 2.35. The topological polar surface area (TPSA) is 29.1 Å². The van der Waals surface area contributed by atoms with Crippen molar-refractivity contribution in [1.82, 2.24) is 5.32 Å². The van der Waals surface area contributed by atoms with Crippen molar-refractivity contribution < 1.29 is 9.18 Å². The van der Waals surface area contributed by atoms with E-state index in [1.807, 2.05) is 0 Å². The number of halogens is 2. The zero-order chi connectivity index (χ0) is 14.0. The van der Waals surface area contributed by atoms with Gasteiger partial charge in [0.15, 0.2) is 0 Å². The molecular formula is C15H19ClFNO. The molecule has 4 heteroatoms. The van der Waals surface area contributed by atoms with Gasteiger partial charge in [-0.05, 0) is 49.3 Å². The molecule has 19 heavy (non-hydrogen) atoms. The molecule has 1 amide bonds. The van der Waals surface area contributed by atoms with Crippen LogP contribution in [0.15, 0.2) is 18.2 Å². The van der Waals surface area contributed by atoms with Gasteiger partial charge in [-0.25, -0.2) is 4.39 Å². The molecule has 2 rings (SSSR count). The fraction of sp³-hybridized carbons (Fsp3) is 0.533. The lowest BCUT2D eigenvalue weighted by molar-refractivity contribution is 0.0905. The number of carbonyl (C=O) groups is 1. The van der Waals surface area contributed by atoms with Crippen molar-refractivity contribution in [2.75, 3.05) is 0 Å². The van der Waals surface area contributed by atoms with Crippen LogP contribution in [0, 0.1) is 11.2 Å². The summed E-state index contributed by atoms with van der Waals surface area (Å²) in [5.41, 5.74) is 0.375. The Balaban J connectivity index is 2.00. The van der Waals surface area contributed by atoms with E-state index < -0.39 is 5.82 Å². The van der Waals surface area contributed by atoms with Crippen LogP contribution in [0.3, 0.4) is 0 Å². The van der Waals surface area contributed by atoms with Crippen LogP contribution >= 0.6 is 11.6 Å². The second kappa shape index (κ2) is 5.49. The van der Waals surface area contributed by atoms with Gasteiger partial charge >= 0.3 is 0 Å². The number of nitrogens with one attached hydrogen (secondary N) is 1. The van der Waals surface area contributed by atoms with Crippen LogP contribution in [-0.4, -0.2) is 11.9 Å². The van der Waals surface area contributed by atoms with Crippen molar-refractivity contribution in [2.45, 2.75) is 45.6 Å². The zero-order valence-corrected chi connectivity index (χ0v) is 12.1. The zero-order valence-electron chi connectivity index (χ0n) is 11.3. The summed E-state index contributed by atoms with van der Waals surface area (Å²) in [4.78, 5) is 12.0. The molecule has 0 radical (unpaired) electrons. The molecule has 0 spiro atoms. The highest BCUT2D eigenvalue weighted by atomic mass is 35.5. The van der Waals surface area contributed by atoms with E-state index in [2.05, 4.69) is 19.2 Å². The molecule has 0 heterocycles. The van der Waals surface area contributed by atoms with E-state index in [1.54, 1.807) is 0 Å². The first-order chi connectivity index (χ1) is 8.87. The molecule has 0 atom stereocenters. The Hall–Kier alpha value is -1.09. The standard InChI is InChI=1S/C15H19ClFNO/c1-15(2)7-5-11(6-8-15)18-14(19)12-9-10(16)3-4-13(12)17/h3-4,9,11H,5-8H2,1-2H3,(H,18,19). The van der Waals surface area contributed by atoms with Gasteiger partial charge in [0.05, 0.1) is 5.56 Å². The molecule has 1 aromatic carbocycles. The molecule has 1 aliphatic carbocycles. The van der Waals surface area contributed by atoms with Crippen molar-refractivity contribution in [1.29, 1.82) is 0 Å². The summed E-state index contributed by atoms with van der Waals surface area (Å²) in [6.07, 6.45) is 4.05. The van der Waals surface area contributed by atoms with Crippen LogP contribution in [0.2, 0.25) is 5.02 Å². The van der Waals surface area contributed by atoms with E-state index in [4.69, 9.17) is 11.6 Å². The van der Waals surface area contributed by atoms with Gasteiger partial charge in [-0.1, -0.05) is 25.4 Å². The van der Waals surface area contributed by atoms with Gasteiger partial charge in [0, 0.05) is 11.1 Å². The van der Waals surface area contributed by atoms with E-state index in [1.165, 1.54) is 18.2 Å². The average molecular weight is 284 g/mol. The average Bonchev–Trinajstić information content (AvgIpc) is 2.35. The highest BCUT2D eigenvalue weighted by Gasteiger charge is 2.28. The Bertz CT molecular complexity index is 477. The lowest BCUT2D eigenvalue weighted by Crippen LogP contribution is -2.39. The third kappa shape index (κ3) is 3.69. The number of carbonyl (C=O) groups excluding carboxylic acids is 1. The smallest absolute Gasteiger partial charge is 0.254 e. The molecule has 1 aromatic rings. The minimum absolute atomic E-state index is 0.0253. The minimum Gasteiger partial charge on any atom is -0.349 e. The Labute approximate surface area is 118 Å². The lowest BCUT2D eigenvalue weighted by Gasteiger charge is -2.34. The monoisotopic (exact) mass is 283 g/mol. The van der Waals surface area contributed by atoms with Crippen molar-refractivity contribution in [3.8, 4) is 0 Å². The van der Waals surface area contributed by atoms with Gasteiger partial charge in [0.2, 0.25) is 0 Å². The summed E-state index contributed by atoms with van der Waals surface area (Å²) in [6, 6.07) is 4.18. The van der Waals surface area contributed by atoms with Gasteiger partial charge in [0.1, 0.15) is 5.82 Å². The maximum Gasteiger partial charge on any atom is 0.254 e. The molecule has 1 saturated carbocycles. The van der Waals surface area contributed by atoms with Crippen LogP contribution < -0.4 is 5.32 Å². The first-order valence-electron chi connectivity index (χ1n) is 6.63. The molecule has 1 N–H and O–H groups in total. The SMILES string of the molecule is CC1(C)CCC(NC(=O)c2cc(Cl)ccc2F)CC1. The second-order valence-corrected chi connectivity index (χ2v) is 6.47. The van der Waals surface area contributed by atoms with Gasteiger partial charge in [-0.3, -0.25) is 4.79 Å². The Kier molecular flexibility index (Phi) is 4.14. The van der Waals surface area contributed by atoms with Crippen molar-refractivity contribution >= 4 is 17.5 Å². The second-order valence-electron chi connectivity index (χ2n) is 6.04. The molecule has 2 nitrogen and oxygen atoms in total. The van der Waals surface area contributed by atoms with E-state index in [0.717, 1.165) is 25.7 Å². The van der Waals surface area contributed by atoms with Crippen molar-refractivity contribution in [2.24, 2.45) is 5.41 Å². The maximum absolute atomic E-state index is 13.6. The summed E-state index contributed by atoms with van der Waals surface area (Å²) >= 11 is 5.79. The number of amides is 1. The van der Waals surface area contributed by atoms with Crippen molar-refractivity contribution in [3.63, 3.8) is 0 Å². The Morgan fingerprint density at radius 3 is 2.63 bits per heavy atom. The van der Waals surface area contributed by atoms with Crippen molar-refractivity contribution in [3.05, 3.63) is 34.6 Å². The van der Waals surface area contributed by atoms with Gasteiger partial charge < -0.3 is 5.32 Å². The van der Waals surface area contributed by atoms with E-state index in [9.17, 15) is 9.18 Å². The summed E-state index contributed by atoms with van der Waals surface area (Å²) in [6.45, 7) is 4.48. The predicted octanol–water partition coefficient (Wildman–Crippen LogP) is 4.18. The van der Waals surface area contributed by atoms with E-state index in [0.29, 0.717) is 10.4 Å². The largest absolute Gasteiger partial charge is 0.349 e. The summed E-state index contributed by atoms with van der Waals surface area (Å²) < 4.78 is 13.6. The molecule has 1 fully saturated rings. The quantitative estimate of drug-likeness (QED) is 0.867. The van der Waals surface area contributed by atoms with E-state index in [-0.39, 0.29) is 17.5 Å². The fourth-order valence-electron chi connectivity index (χ4n) is 2.48. The molecule has 0 bridgehead atoms. The van der Waals surface area contributed by atoms with Crippen LogP contribution in [0.4, 0.5) is 4.39 Å². The van der Waals surface area contributed by atoms with Gasteiger partial charge in [0.25, 0.3) is 5.91 Å². The van der Waals surface area contributed by atoms with E-state index >= 15 is 0 Å². The van der Waals surface area contributed by atoms with Gasteiger partial charge in [-0.15, -0.1) is 0 Å². The third-order valence-electron chi connectivity index (χ3n) is 3.85. The first-order valence-corrected chi connectivity index (χ1v) is 7.01. The fourth-order valence-corrected chi connectivity index (χ4v) is 2.65. The maximum atomic E-state index is 13.6. The molecule has 0 aromatic heterocycles. The molecule has 0 unspecified atom stereocenters. The number of benzene rings is 1. The predicted molar refractivity (Wildman–Crippen MR) is 74.9 cm³/mol. The van der Waals surface area contributed by atoms with Crippen LogP contribution in [0.25, 0.3) is 0 Å². The van der Waals surface area contributed by atoms with Crippen LogP contribution in [-0.2, 0) is 0 Å². The molecule has 104 valence electrons. The number of rotatable bonds is 2. The third-order valence-corrected chi connectivity index (χ3v) is 4.08. The molecule has 0 aliphatic heterocycles. The summed E-state index contributed by atoms with van der Waals surface area (Å²) in [5, 5.41) is 3.27. The number of hydrogen-bond donors (Lipinski definition) is 1. The summed E-state index contributed by atoms with van der Waals surface area (Å²) in [7, 11) is 0. The molecular weight excluding hydrogens is 265 g/mol. The molecule has 0 saturated heterocycles. The first kappa shape index (κ1) is 14.3. The Morgan fingerprint density at radius 2 is 2.00 bits per heavy atom. The lowest BCUT2D eigenvalue weighted by atomic mass is 9.75. The number of hydrogen-bond acceptors (Lipinski definition) is 1. The highest BCUT2D eigenvalue weighted by molar-refractivity contribution is 6.31. The Morgan fingerprint density at radius 1 is 1.37 bits per heavy atom.